The van der Waals surface area contributed by atoms with Crippen molar-refractivity contribution in [2.45, 2.75) is 6.92 Å². The standard InChI is InChI=1S/C24H23BrClN9O/c1-15-11-18(25)20(12-19(15)26)29-22-30-23(32-24(31-22)35-7-9-36-10-8-35)34-28-14-17-13-27-33-21(17)16-5-3-2-4-6-16/h2-6,11-14H,7-10H2,1H3,(H,27,33)(H2,29,30,31,32,34). The maximum Gasteiger partial charge on any atom is 0.250 e. The van der Waals surface area contributed by atoms with Gasteiger partial charge in [0.15, 0.2) is 0 Å². The van der Waals surface area contributed by atoms with Crippen molar-refractivity contribution in [3.8, 4) is 11.3 Å². The molecule has 0 aliphatic carbocycles. The Morgan fingerprint density at radius 2 is 1.89 bits per heavy atom. The van der Waals surface area contributed by atoms with Gasteiger partial charge in [0.05, 0.1) is 37.0 Å². The van der Waals surface area contributed by atoms with Crippen molar-refractivity contribution in [2.24, 2.45) is 5.10 Å². The van der Waals surface area contributed by atoms with Gasteiger partial charge < -0.3 is 15.0 Å². The van der Waals surface area contributed by atoms with E-state index in [1.807, 2.05) is 54.3 Å². The number of benzene rings is 2. The van der Waals surface area contributed by atoms with Crippen LogP contribution in [0.15, 0.2) is 58.2 Å². The SMILES string of the molecule is Cc1cc(Br)c(Nc2nc(NN=Cc3cn[nH]c3-c3ccccc3)nc(N3CCOCC3)n2)cc1Cl. The summed E-state index contributed by atoms with van der Waals surface area (Å²) in [5.41, 5.74) is 7.35. The predicted molar refractivity (Wildman–Crippen MR) is 145 cm³/mol. The van der Waals surface area contributed by atoms with E-state index in [1.54, 1.807) is 12.4 Å². The fourth-order valence-electron chi connectivity index (χ4n) is 3.63. The lowest BCUT2D eigenvalue weighted by Gasteiger charge is -2.27. The smallest absolute Gasteiger partial charge is 0.250 e. The van der Waals surface area contributed by atoms with E-state index in [0.717, 1.165) is 32.5 Å². The zero-order chi connectivity index (χ0) is 24.9. The molecule has 0 saturated carbocycles. The van der Waals surface area contributed by atoms with E-state index in [9.17, 15) is 0 Å². The molecule has 12 heteroatoms. The summed E-state index contributed by atoms with van der Waals surface area (Å²) in [6.45, 7) is 4.53. The van der Waals surface area contributed by atoms with Gasteiger partial charge in [-0.2, -0.15) is 25.2 Å². The lowest BCUT2D eigenvalue weighted by molar-refractivity contribution is 0.122. The van der Waals surface area contributed by atoms with Gasteiger partial charge in [-0.15, -0.1) is 0 Å². The van der Waals surface area contributed by atoms with Crippen LogP contribution in [0.3, 0.4) is 0 Å². The van der Waals surface area contributed by atoms with Crippen LogP contribution in [0.4, 0.5) is 23.5 Å². The van der Waals surface area contributed by atoms with Crippen LogP contribution in [-0.2, 0) is 4.74 Å². The minimum atomic E-state index is 0.296. The second-order valence-electron chi connectivity index (χ2n) is 8.02. The van der Waals surface area contributed by atoms with Crippen molar-refractivity contribution in [2.75, 3.05) is 41.9 Å². The number of morpholine rings is 1. The summed E-state index contributed by atoms with van der Waals surface area (Å²) in [6.07, 6.45) is 3.39. The van der Waals surface area contributed by atoms with Gasteiger partial charge >= 0.3 is 0 Å². The van der Waals surface area contributed by atoms with Gasteiger partial charge in [-0.1, -0.05) is 41.9 Å². The number of ether oxygens (including phenoxy) is 1. The van der Waals surface area contributed by atoms with Crippen LogP contribution < -0.4 is 15.6 Å². The lowest BCUT2D eigenvalue weighted by atomic mass is 10.1. The van der Waals surface area contributed by atoms with Crippen LogP contribution >= 0.6 is 27.5 Å². The second kappa shape index (κ2) is 11.0. The summed E-state index contributed by atoms with van der Waals surface area (Å²) in [5.74, 6) is 1.18. The van der Waals surface area contributed by atoms with Gasteiger partial charge in [0.1, 0.15) is 0 Å². The van der Waals surface area contributed by atoms with Crippen LogP contribution in [0.2, 0.25) is 5.02 Å². The number of aromatic amines is 1. The van der Waals surface area contributed by atoms with Gasteiger partial charge in [-0.3, -0.25) is 5.10 Å². The second-order valence-corrected chi connectivity index (χ2v) is 9.29. The number of nitrogens with zero attached hydrogens (tertiary/aromatic N) is 6. The number of rotatable bonds is 7. The fourth-order valence-corrected chi connectivity index (χ4v) is 4.35. The van der Waals surface area contributed by atoms with Crippen molar-refractivity contribution >= 4 is 57.3 Å². The molecule has 0 bridgehead atoms. The Kier molecular flexibility index (Phi) is 7.40. The Bertz CT molecular complexity index is 1370. The first-order chi connectivity index (χ1) is 17.6. The minimum absolute atomic E-state index is 0.296. The van der Waals surface area contributed by atoms with Gasteiger partial charge in [-0.05, 0) is 40.5 Å². The molecular formula is C24H23BrClN9O. The monoisotopic (exact) mass is 567 g/mol. The molecule has 5 rings (SSSR count). The highest BCUT2D eigenvalue weighted by molar-refractivity contribution is 9.10. The third-order valence-corrected chi connectivity index (χ3v) is 6.57. The molecule has 1 aliphatic heterocycles. The third-order valence-electron chi connectivity index (χ3n) is 5.51. The number of anilines is 4. The Morgan fingerprint density at radius 3 is 2.69 bits per heavy atom. The molecule has 1 fully saturated rings. The fraction of sp³-hybridized carbons (Fsp3) is 0.208. The quantitative estimate of drug-likeness (QED) is 0.210. The molecule has 0 amide bonds. The summed E-state index contributed by atoms with van der Waals surface area (Å²) in [4.78, 5) is 15.8. The van der Waals surface area contributed by atoms with Gasteiger partial charge in [0.25, 0.3) is 0 Å². The summed E-state index contributed by atoms with van der Waals surface area (Å²) < 4.78 is 6.32. The van der Waals surface area contributed by atoms with Crippen molar-refractivity contribution in [3.05, 3.63) is 69.3 Å². The largest absolute Gasteiger partial charge is 0.378 e. The summed E-state index contributed by atoms with van der Waals surface area (Å²) in [7, 11) is 0. The van der Waals surface area contributed by atoms with Gasteiger partial charge in [0, 0.05) is 33.7 Å². The van der Waals surface area contributed by atoms with Gasteiger partial charge in [0.2, 0.25) is 17.8 Å². The van der Waals surface area contributed by atoms with E-state index < -0.39 is 0 Å². The topological polar surface area (TPSA) is 116 Å². The highest BCUT2D eigenvalue weighted by atomic mass is 79.9. The Hall–Kier alpha value is -3.54. The van der Waals surface area contributed by atoms with E-state index in [1.165, 1.54) is 0 Å². The normalized spacial score (nSPS) is 13.8. The van der Waals surface area contributed by atoms with Gasteiger partial charge in [-0.25, -0.2) is 5.43 Å². The molecule has 3 heterocycles. The van der Waals surface area contributed by atoms with E-state index >= 15 is 0 Å². The molecule has 36 heavy (non-hydrogen) atoms. The first-order valence-electron chi connectivity index (χ1n) is 11.3. The molecule has 2 aromatic heterocycles. The maximum atomic E-state index is 6.34. The molecule has 0 spiro atoms. The number of aromatic nitrogens is 5. The molecule has 10 nitrogen and oxygen atoms in total. The molecular weight excluding hydrogens is 546 g/mol. The van der Waals surface area contributed by atoms with Crippen molar-refractivity contribution in [1.29, 1.82) is 0 Å². The average molecular weight is 569 g/mol. The predicted octanol–water partition coefficient (Wildman–Crippen LogP) is 5.01. The number of H-pyrrole nitrogens is 1. The molecule has 4 aromatic rings. The first kappa shape index (κ1) is 24.2. The van der Waals surface area contributed by atoms with E-state index in [2.05, 4.69) is 56.9 Å². The molecule has 0 atom stereocenters. The first-order valence-corrected chi connectivity index (χ1v) is 12.4. The number of hydrogen-bond acceptors (Lipinski definition) is 9. The number of nitrogens with one attached hydrogen (secondary N) is 3. The number of hydrogen-bond donors (Lipinski definition) is 3. The summed E-state index contributed by atoms with van der Waals surface area (Å²) in [5, 5.41) is 15.4. The van der Waals surface area contributed by atoms with Crippen molar-refractivity contribution in [3.63, 3.8) is 0 Å². The number of halogens is 2. The Labute approximate surface area is 221 Å². The van der Waals surface area contributed by atoms with Crippen LogP contribution in [0, 0.1) is 6.92 Å². The third kappa shape index (κ3) is 5.64. The molecule has 1 aliphatic rings. The summed E-state index contributed by atoms with van der Waals surface area (Å²) in [6, 6.07) is 13.7. The maximum absolute atomic E-state index is 6.34. The molecule has 0 unspecified atom stereocenters. The molecule has 184 valence electrons. The zero-order valence-corrected chi connectivity index (χ0v) is 21.7. The van der Waals surface area contributed by atoms with Crippen LogP contribution in [0.1, 0.15) is 11.1 Å². The number of aryl methyl sites for hydroxylation is 1. The molecule has 0 radical (unpaired) electrons. The van der Waals surface area contributed by atoms with Crippen LogP contribution in [0.5, 0.6) is 0 Å². The van der Waals surface area contributed by atoms with E-state index in [4.69, 9.17) is 16.3 Å². The molecule has 3 N–H and O–H groups in total. The lowest BCUT2D eigenvalue weighted by Crippen LogP contribution is -2.37. The average Bonchev–Trinajstić information content (AvgIpc) is 3.37. The van der Waals surface area contributed by atoms with Crippen LogP contribution in [-0.4, -0.2) is 57.7 Å². The Balaban J connectivity index is 1.41. The van der Waals surface area contributed by atoms with Crippen molar-refractivity contribution in [1.82, 2.24) is 25.1 Å². The minimum Gasteiger partial charge on any atom is -0.378 e. The number of hydrazone groups is 1. The Morgan fingerprint density at radius 1 is 1.11 bits per heavy atom. The zero-order valence-electron chi connectivity index (χ0n) is 19.4. The molecule has 1 saturated heterocycles. The summed E-state index contributed by atoms with van der Waals surface area (Å²) >= 11 is 9.91. The van der Waals surface area contributed by atoms with Crippen molar-refractivity contribution < 1.29 is 4.74 Å². The highest BCUT2D eigenvalue weighted by Gasteiger charge is 2.17. The van der Waals surface area contributed by atoms with E-state index in [0.29, 0.717) is 49.2 Å². The van der Waals surface area contributed by atoms with Crippen LogP contribution in [0.25, 0.3) is 11.3 Å². The highest BCUT2D eigenvalue weighted by Crippen LogP contribution is 2.31. The molecule has 2 aromatic carbocycles. The van der Waals surface area contributed by atoms with E-state index in [-0.39, 0.29) is 0 Å².